The van der Waals surface area contributed by atoms with Crippen molar-refractivity contribution in [1.29, 1.82) is 0 Å². The molecule has 2 N–H and O–H groups in total. The molecule has 0 aromatic carbocycles. The lowest BCUT2D eigenvalue weighted by molar-refractivity contribution is 0.0491. The van der Waals surface area contributed by atoms with Gasteiger partial charge in [-0.3, -0.25) is 4.90 Å². The first kappa shape index (κ1) is 19.0. The average molecular weight is 297 g/mol. The van der Waals surface area contributed by atoms with Crippen molar-refractivity contribution >= 4 is 0 Å². The molecule has 0 aromatic rings. The second kappa shape index (κ2) is 9.84. The summed E-state index contributed by atoms with van der Waals surface area (Å²) in [5, 5.41) is 0. The zero-order valence-corrected chi connectivity index (χ0v) is 15.2. The molecule has 0 spiro atoms. The van der Waals surface area contributed by atoms with Crippen LogP contribution in [0.25, 0.3) is 0 Å². The summed E-state index contributed by atoms with van der Waals surface area (Å²) in [6.45, 7) is 11.5. The number of hydrogen-bond acceptors (Lipinski definition) is 2. The Balaban J connectivity index is 2.65. The maximum atomic E-state index is 6.25. The fraction of sp³-hybridized carbons (Fsp3) is 1.00. The van der Waals surface area contributed by atoms with Crippen LogP contribution < -0.4 is 5.73 Å². The zero-order valence-electron chi connectivity index (χ0n) is 15.2. The molecule has 0 aromatic heterocycles. The second-order valence-corrected chi connectivity index (χ2v) is 7.83. The van der Waals surface area contributed by atoms with E-state index in [1.54, 1.807) is 0 Å². The Kier molecular flexibility index (Phi) is 8.89. The van der Waals surface area contributed by atoms with Crippen molar-refractivity contribution in [1.82, 2.24) is 4.90 Å². The summed E-state index contributed by atoms with van der Waals surface area (Å²) >= 11 is 0. The molecule has 0 amide bonds. The Morgan fingerprint density at radius 3 is 2.33 bits per heavy atom. The number of hydrogen-bond donors (Lipinski definition) is 1. The van der Waals surface area contributed by atoms with Crippen LogP contribution >= 0.6 is 0 Å². The van der Waals surface area contributed by atoms with Gasteiger partial charge < -0.3 is 5.73 Å². The summed E-state index contributed by atoms with van der Waals surface area (Å²) in [6, 6.07) is 0.795. The first-order valence-corrected chi connectivity index (χ1v) is 9.50. The third-order valence-corrected chi connectivity index (χ3v) is 5.41. The van der Waals surface area contributed by atoms with Gasteiger partial charge in [-0.2, -0.15) is 0 Å². The molecule has 0 bridgehead atoms. The molecular formula is C19H40N2. The molecule has 1 aliphatic rings. The quantitative estimate of drug-likeness (QED) is 0.546. The van der Waals surface area contributed by atoms with E-state index in [4.69, 9.17) is 5.73 Å². The minimum atomic E-state index is 0.220. The molecule has 1 fully saturated rings. The highest BCUT2D eigenvalue weighted by atomic mass is 15.2. The van der Waals surface area contributed by atoms with Gasteiger partial charge in [-0.05, 0) is 45.1 Å². The zero-order chi connectivity index (χ0) is 15.7. The van der Waals surface area contributed by atoms with Crippen molar-refractivity contribution in [2.45, 2.75) is 103 Å². The van der Waals surface area contributed by atoms with Crippen molar-refractivity contribution < 1.29 is 0 Å². The van der Waals surface area contributed by atoms with Gasteiger partial charge in [-0.1, -0.05) is 59.3 Å². The van der Waals surface area contributed by atoms with E-state index in [-0.39, 0.29) is 5.54 Å². The van der Waals surface area contributed by atoms with Crippen molar-refractivity contribution in [3.8, 4) is 0 Å². The molecule has 2 heteroatoms. The van der Waals surface area contributed by atoms with Crippen LogP contribution in [0.1, 0.15) is 91.9 Å². The van der Waals surface area contributed by atoms with Crippen molar-refractivity contribution in [2.75, 3.05) is 13.1 Å². The molecule has 1 unspecified atom stereocenters. The summed E-state index contributed by atoms with van der Waals surface area (Å²) in [4.78, 5) is 2.81. The van der Waals surface area contributed by atoms with Crippen LogP contribution in [0.5, 0.6) is 0 Å². The molecule has 2 nitrogen and oxygen atoms in total. The topological polar surface area (TPSA) is 29.3 Å². The third kappa shape index (κ3) is 6.28. The van der Waals surface area contributed by atoms with Crippen LogP contribution in [0.2, 0.25) is 0 Å². The Hall–Kier alpha value is -0.0800. The van der Waals surface area contributed by atoms with Crippen LogP contribution in [-0.4, -0.2) is 29.6 Å². The summed E-state index contributed by atoms with van der Waals surface area (Å²) in [7, 11) is 0. The van der Waals surface area contributed by atoms with E-state index >= 15 is 0 Å². The van der Waals surface area contributed by atoms with Crippen molar-refractivity contribution in [3.63, 3.8) is 0 Å². The molecule has 1 aliphatic carbocycles. The smallest absolute Gasteiger partial charge is 0.0306 e. The summed E-state index contributed by atoms with van der Waals surface area (Å²) in [5.41, 5.74) is 6.47. The minimum Gasteiger partial charge on any atom is -0.329 e. The number of rotatable bonds is 11. The van der Waals surface area contributed by atoms with E-state index in [1.807, 2.05) is 0 Å². The third-order valence-electron chi connectivity index (χ3n) is 5.41. The van der Waals surface area contributed by atoms with Gasteiger partial charge in [0.15, 0.2) is 0 Å². The molecule has 0 aliphatic heterocycles. The first-order chi connectivity index (χ1) is 10.0. The molecule has 0 heterocycles. The van der Waals surface area contributed by atoms with Crippen LogP contribution in [0, 0.1) is 5.92 Å². The number of nitrogens with zero attached hydrogens (tertiary/aromatic N) is 1. The molecule has 0 saturated heterocycles. The van der Waals surface area contributed by atoms with Gasteiger partial charge >= 0.3 is 0 Å². The summed E-state index contributed by atoms with van der Waals surface area (Å²) in [6.07, 6.45) is 13.6. The van der Waals surface area contributed by atoms with Gasteiger partial charge in [0, 0.05) is 18.1 Å². The highest BCUT2D eigenvalue weighted by Crippen LogP contribution is 2.32. The van der Waals surface area contributed by atoms with Gasteiger partial charge in [-0.25, -0.2) is 0 Å². The Bertz CT molecular complexity index is 258. The van der Waals surface area contributed by atoms with E-state index in [9.17, 15) is 0 Å². The fourth-order valence-electron chi connectivity index (χ4n) is 3.80. The number of unbranched alkanes of at least 4 members (excludes halogenated alkanes) is 3. The second-order valence-electron chi connectivity index (χ2n) is 7.83. The molecule has 21 heavy (non-hydrogen) atoms. The Labute approximate surface area is 133 Å². The monoisotopic (exact) mass is 296 g/mol. The van der Waals surface area contributed by atoms with E-state index in [0.717, 1.165) is 18.5 Å². The van der Waals surface area contributed by atoms with Crippen LogP contribution in [0.3, 0.4) is 0 Å². The fourth-order valence-corrected chi connectivity index (χ4v) is 3.80. The Morgan fingerprint density at radius 2 is 1.81 bits per heavy atom. The molecule has 126 valence electrons. The maximum Gasteiger partial charge on any atom is 0.0306 e. The largest absolute Gasteiger partial charge is 0.329 e. The highest BCUT2D eigenvalue weighted by Gasteiger charge is 2.35. The minimum absolute atomic E-state index is 0.220. The van der Waals surface area contributed by atoms with Crippen LogP contribution in [0.4, 0.5) is 0 Å². The van der Waals surface area contributed by atoms with Gasteiger partial charge in [-0.15, -0.1) is 0 Å². The highest BCUT2D eigenvalue weighted by molar-refractivity contribution is 4.93. The maximum absolute atomic E-state index is 6.25. The average Bonchev–Trinajstić information content (AvgIpc) is 2.97. The summed E-state index contributed by atoms with van der Waals surface area (Å²) in [5.74, 6) is 0.788. The lowest BCUT2D eigenvalue weighted by Crippen LogP contribution is -2.55. The standard InChI is InChI=1S/C19H40N2/c1-5-6-7-10-14-19(4,16-20)21(15-13-17(2)3)18-11-8-9-12-18/h17-18H,5-16,20H2,1-4H3. The number of nitrogens with two attached hydrogens (primary N) is 1. The van der Waals surface area contributed by atoms with E-state index in [2.05, 4.69) is 32.6 Å². The van der Waals surface area contributed by atoms with Crippen LogP contribution in [-0.2, 0) is 0 Å². The Morgan fingerprint density at radius 1 is 1.14 bits per heavy atom. The van der Waals surface area contributed by atoms with Gasteiger partial charge in [0.1, 0.15) is 0 Å². The van der Waals surface area contributed by atoms with Gasteiger partial charge in [0.25, 0.3) is 0 Å². The molecular weight excluding hydrogens is 256 g/mol. The van der Waals surface area contributed by atoms with Crippen molar-refractivity contribution in [3.05, 3.63) is 0 Å². The van der Waals surface area contributed by atoms with Crippen LogP contribution in [0.15, 0.2) is 0 Å². The van der Waals surface area contributed by atoms with E-state index < -0.39 is 0 Å². The normalized spacial score (nSPS) is 19.6. The summed E-state index contributed by atoms with van der Waals surface area (Å²) < 4.78 is 0. The van der Waals surface area contributed by atoms with Crippen molar-refractivity contribution in [2.24, 2.45) is 11.7 Å². The molecule has 0 radical (unpaired) electrons. The van der Waals surface area contributed by atoms with Gasteiger partial charge in [0.2, 0.25) is 0 Å². The first-order valence-electron chi connectivity index (χ1n) is 9.50. The predicted molar refractivity (Wildman–Crippen MR) is 94.6 cm³/mol. The van der Waals surface area contributed by atoms with E-state index in [1.165, 1.54) is 70.8 Å². The lowest BCUT2D eigenvalue weighted by Gasteiger charge is -2.45. The molecule has 1 rings (SSSR count). The predicted octanol–water partition coefficient (Wildman–Crippen LogP) is 4.96. The molecule has 1 saturated carbocycles. The van der Waals surface area contributed by atoms with Gasteiger partial charge in [0.05, 0.1) is 0 Å². The SMILES string of the molecule is CCCCCCC(C)(CN)N(CCC(C)C)C1CCCC1. The lowest BCUT2D eigenvalue weighted by atomic mass is 9.89. The van der Waals surface area contributed by atoms with E-state index in [0.29, 0.717) is 0 Å². The molecule has 1 atom stereocenters.